The maximum Gasteiger partial charge on any atom is 0.372 e. The number of carboxylic acids is 1. The Labute approximate surface area is 96.5 Å². The highest BCUT2D eigenvalue weighted by Gasteiger charge is 2.20. The minimum Gasteiger partial charge on any atom is -0.475 e. The van der Waals surface area contributed by atoms with Gasteiger partial charge in [0.15, 0.2) is 0 Å². The van der Waals surface area contributed by atoms with E-state index in [4.69, 9.17) is 9.52 Å². The molecule has 0 aliphatic carbocycles. The summed E-state index contributed by atoms with van der Waals surface area (Å²) in [4.78, 5) is 10.9. The molecule has 16 heavy (non-hydrogen) atoms. The summed E-state index contributed by atoms with van der Waals surface area (Å²) in [6, 6.07) is 1.80. The van der Waals surface area contributed by atoms with Crippen LogP contribution in [0.4, 0.5) is 0 Å². The monoisotopic (exact) mass is 224 g/mol. The van der Waals surface area contributed by atoms with Crippen molar-refractivity contribution in [3.05, 3.63) is 23.7 Å². The van der Waals surface area contributed by atoms with Crippen molar-refractivity contribution in [2.75, 3.05) is 0 Å². The van der Waals surface area contributed by atoms with E-state index in [-0.39, 0.29) is 5.76 Å². The molecule has 0 aliphatic rings. The summed E-state index contributed by atoms with van der Waals surface area (Å²) in [5, 5.41) is 8.98. The molecule has 0 amide bonds. The summed E-state index contributed by atoms with van der Waals surface area (Å²) in [6.07, 6.45) is 7.03. The molecular weight excluding hydrogens is 204 g/mol. The molecule has 0 saturated heterocycles. The van der Waals surface area contributed by atoms with Gasteiger partial charge >= 0.3 is 5.97 Å². The van der Waals surface area contributed by atoms with E-state index in [0.717, 1.165) is 24.8 Å². The topological polar surface area (TPSA) is 50.4 Å². The average Bonchev–Trinajstić information content (AvgIpc) is 2.73. The lowest BCUT2D eigenvalue weighted by atomic mass is 9.91. The first-order valence-electron chi connectivity index (χ1n) is 6.01. The first-order valence-corrected chi connectivity index (χ1v) is 6.01. The lowest BCUT2D eigenvalue weighted by Gasteiger charge is -2.13. The highest BCUT2D eigenvalue weighted by Crippen LogP contribution is 2.29. The fraction of sp³-hybridized carbons (Fsp3) is 0.615. The number of unbranched alkanes of at least 4 members (excludes halogenated alkanes) is 2. The van der Waals surface area contributed by atoms with Gasteiger partial charge in [-0.3, -0.25) is 0 Å². The zero-order valence-corrected chi connectivity index (χ0v) is 10.0. The van der Waals surface area contributed by atoms with Crippen molar-refractivity contribution in [2.45, 2.75) is 51.9 Å². The van der Waals surface area contributed by atoms with Gasteiger partial charge in [-0.1, -0.05) is 33.1 Å². The number of hydrogen-bond acceptors (Lipinski definition) is 2. The third kappa shape index (κ3) is 3.12. The van der Waals surface area contributed by atoms with E-state index in [1.54, 1.807) is 6.07 Å². The quantitative estimate of drug-likeness (QED) is 0.711. The SMILES string of the molecule is CCCCCC(CC)c1ccoc1C(=O)O. The normalized spacial score (nSPS) is 12.6. The number of aromatic carboxylic acids is 1. The molecule has 1 heterocycles. The van der Waals surface area contributed by atoms with Crippen LogP contribution in [0.25, 0.3) is 0 Å². The molecule has 1 atom stereocenters. The van der Waals surface area contributed by atoms with Crippen molar-refractivity contribution in [2.24, 2.45) is 0 Å². The van der Waals surface area contributed by atoms with Crippen LogP contribution in [0.3, 0.4) is 0 Å². The number of furan rings is 1. The Morgan fingerprint density at radius 2 is 2.19 bits per heavy atom. The Hall–Kier alpha value is -1.25. The maximum atomic E-state index is 10.9. The van der Waals surface area contributed by atoms with Crippen LogP contribution < -0.4 is 0 Å². The van der Waals surface area contributed by atoms with Crippen LogP contribution >= 0.6 is 0 Å². The van der Waals surface area contributed by atoms with Crippen molar-refractivity contribution in [1.82, 2.24) is 0 Å². The van der Waals surface area contributed by atoms with Crippen molar-refractivity contribution < 1.29 is 14.3 Å². The molecule has 0 aliphatic heterocycles. The molecule has 1 unspecified atom stereocenters. The molecule has 0 radical (unpaired) electrons. The van der Waals surface area contributed by atoms with E-state index in [0.29, 0.717) is 5.92 Å². The van der Waals surface area contributed by atoms with Crippen molar-refractivity contribution >= 4 is 5.97 Å². The highest BCUT2D eigenvalue weighted by molar-refractivity contribution is 5.86. The molecule has 0 bridgehead atoms. The molecule has 1 rings (SSSR count). The third-order valence-electron chi connectivity index (χ3n) is 2.98. The molecule has 3 heteroatoms. The van der Waals surface area contributed by atoms with Crippen LogP contribution in [0, 0.1) is 0 Å². The van der Waals surface area contributed by atoms with Gasteiger partial charge in [0.25, 0.3) is 0 Å². The van der Waals surface area contributed by atoms with Crippen LogP contribution in [0.1, 0.15) is 68.0 Å². The van der Waals surface area contributed by atoms with Crippen LogP contribution in [0.5, 0.6) is 0 Å². The smallest absolute Gasteiger partial charge is 0.372 e. The van der Waals surface area contributed by atoms with Crippen LogP contribution in [0.15, 0.2) is 16.7 Å². The minimum absolute atomic E-state index is 0.114. The number of carbonyl (C=O) groups is 1. The second-order valence-corrected chi connectivity index (χ2v) is 4.11. The van der Waals surface area contributed by atoms with E-state index >= 15 is 0 Å². The Balaban J connectivity index is 2.70. The maximum absolute atomic E-state index is 10.9. The van der Waals surface area contributed by atoms with Gasteiger partial charge in [-0.25, -0.2) is 4.79 Å². The summed E-state index contributed by atoms with van der Waals surface area (Å²) < 4.78 is 5.02. The number of carboxylic acid groups (broad SMARTS) is 1. The lowest BCUT2D eigenvalue weighted by Crippen LogP contribution is -2.04. The largest absolute Gasteiger partial charge is 0.475 e. The van der Waals surface area contributed by atoms with Gasteiger partial charge in [0.05, 0.1) is 6.26 Å². The Bertz CT molecular complexity index is 328. The summed E-state index contributed by atoms with van der Waals surface area (Å²) >= 11 is 0. The molecule has 0 fully saturated rings. The van der Waals surface area contributed by atoms with Gasteiger partial charge in [0.2, 0.25) is 5.76 Å². The first kappa shape index (κ1) is 12.8. The molecule has 0 saturated carbocycles. The zero-order valence-electron chi connectivity index (χ0n) is 10.0. The Morgan fingerprint density at radius 1 is 1.44 bits per heavy atom. The van der Waals surface area contributed by atoms with E-state index in [1.807, 2.05) is 0 Å². The predicted molar refractivity (Wildman–Crippen MR) is 62.8 cm³/mol. The molecular formula is C13H20O3. The summed E-state index contributed by atoms with van der Waals surface area (Å²) in [5.41, 5.74) is 0.853. The predicted octanol–water partition coefficient (Wildman–Crippen LogP) is 4.05. The molecule has 1 aromatic heterocycles. The first-order chi connectivity index (χ1) is 7.70. The van der Waals surface area contributed by atoms with E-state index in [2.05, 4.69) is 13.8 Å². The standard InChI is InChI=1S/C13H20O3/c1-3-5-6-7-10(4-2)11-8-9-16-12(11)13(14)15/h8-10H,3-7H2,1-2H3,(H,14,15). The molecule has 0 aromatic carbocycles. The summed E-state index contributed by atoms with van der Waals surface area (Å²) in [5.74, 6) is -0.534. The van der Waals surface area contributed by atoms with Gasteiger partial charge in [-0.15, -0.1) is 0 Å². The van der Waals surface area contributed by atoms with Gasteiger partial charge in [0.1, 0.15) is 0 Å². The van der Waals surface area contributed by atoms with Gasteiger partial charge < -0.3 is 9.52 Å². The number of hydrogen-bond donors (Lipinski definition) is 1. The highest BCUT2D eigenvalue weighted by atomic mass is 16.4. The van der Waals surface area contributed by atoms with E-state index < -0.39 is 5.97 Å². The molecule has 90 valence electrons. The van der Waals surface area contributed by atoms with Crippen molar-refractivity contribution in [3.8, 4) is 0 Å². The third-order valence-corrected chi connectivity index (χ3v) is 2.98. The summed E-state index contributed by atoms with van der Waals surface area (Å²) in [6.45, 7) is 4.26. The van der Waals surface area contributed by atoms with Gasteiger partial charge in [-0.2, -0.15) is 0 Å². The van der Waals surface area contributed by atoms with Crippen molar-refractivity contribution in [1.29, 1.82) is 0 Å². The average molecular weight is 224 g/mol. The van der Waals surface area contributed by atoms with Crippen LogP contribution in [0.2, 0.25) is 0 Å². The van der Waals surface area contributed by atoms with Crippen LogP contribution in [-0.4, -0.2) is 11.1 Å². The molecule has 1 N–H and O–H groups in total. The fourth-order valence-electron chi connectivity index (χ4n) is 2.03. The lowest BCUT2D eigenvalue weighted by molar-refractivity contribution is 0.0660. The van der Waals surface area contributed by atoms with Crippen LogP contribution in [-0.2, 0) is 0 Å². The van der Waals surface area contributed by atoms with Crippen molar-refractivity contribution in [3.63, 3.8) is 0 Å². The second-order valence-electron chi connectivity index (χ2n) is 4.11. The molecule has 1 aromatic rings. The minimum atomic E-state index is -0.964. The van der Waals surface area contributed by atoms with Gasteiger partial charge in [-0.05, 0) is 24.8 Å². The molecule has 3 nitrogen and oxygen atoms in total. The summed E-state index contributed by atoms with van der Waals surface area (Å²) in [7, 11) is 0. The molecule has 0 spiro atoms. The number of rotatable bonds is 7. The van der Waals surface area contributed by atoms with E-state index in [1.165, 1.54) is 19.1 Å². The second kappa shape index (κ2) is 6.36. The Morgan fingerprint density at radius 3 is 2.75 bits per heavy atom. The van der Waals surface area contributed by atoms with E-state index in [9.17, 15) is 4.79 Å². The van der Waals surface area contributed by atoms with Gasteiger partial charge in [0, 0.05) is 5.56 Å². The zero-order chi connectivity index (χ0) is 12.0. The fourth-order valence-corrected chi connectivity index (χ4v) is 2.03. The Kier molecular flexibility index (Phi) is 5.09.